The van der Waals surface area contributed by atoms with Crippen molar-refractivity contribution in [1.82, 2.24) is 4.98 Å². The lowest BCUT2D eigenvalue weighted by Gasteiger charge is -2.03. The van der Waals surface area contributed by atoms with E-state index < -0.39 is 0 Å². The molecule has 0 atom stereocenters. The highest BCUT2D eigenvalue weighted by atomic mass is 35.5. The van der Waals surface area contributed by atoms with E-state index in [9.17, 15) is 4.39 Å². The van der Waals surface area contributed by atoms with Crippen LogP contribution in [0.25, 0.3) is 11.3 Å². The molecule has 0 saturated heterocycles. The van der Waals surface area contributed by atoms with Crippen LogP contribution in [0.5, 0.6) is 0 Å². The Morgan fingerprint density at radius 2 is 1.88 bits per heavy atom. The first-order valence-electron chi connectivity index (χ1n) is 7.00. The third-order valence-corrected chi connectivity index (χ3v) is 4.79. The minimum absolute atomic E-state index is 0.269. The third kappa shape index (κ3) is 3.93. The zero-order valence-corrected chi connectivity index (χ0v) is 14.9. The van der Waals surface area contributed by atoms with Gasteiger partial charge in [-0.2, -0.15) is 5.10 Å². The molecule has 0 unspecified atom stereocenters. The lowest BCUT2D eigenvalue weighted by molar-refractivity contribution is 0.628. The summed E-state index contributed by atoms with van der Waals surface area (Å²) >= 11 is 13.3. The number of hydrogen-bond donors (Lipinski definition) is 1. The van der Waals surface area contributed by atoms with E-state index in [2.05, 4.69) is 15.5 Å². The van der Waals surface area contributed by atoms with Crippen LogP contribution >= 0.6 is 34.5 Å². The van der Waals surface area contributed by atoms with E-state index in [4.69, 9.17) is 23.2 Å². The molecule has 0 amide bonds. The van der Waals surface area contributed by atoms with Gasteiger partial charge in [-0.3, -0.25) is 5.43 Å². The summed E-state index contributed by atoms with van der Waals surface area (Å²) in [7, 11) is 0. The van der Waals surface area contributed by atoms with Crippen LogP contribution in [0.2, 0.25) is 10.0 Å². The predicted molar refractivity (Wildman–Crippen MR) is 99.8 cm³/mol. The Morgan fingerprint density at radius 3 is 2.58 bits per heavy atom. The Balaban J connectivity index is 1.74. The van der Waals surface area contributed by atoms with Crippen molar-refractivity contribution in [3.63, 3.8) is 0 Å². The van der Waals surface area contributed by atoms with Crippen LogP contribution in [0.15, 0.2) is 52.9 Å². The molecule has 0 fully saturated rings. The standard InChI is InChI=1S/C17H12Cl2FN3S/c1-10(12-4-7-14(18)15(19)8-12)22-23-17-21-16(9-24-17)11-2-5-13(20)6-3-11/h2-9H,1H3,(H,21,23)/b22-10+. The number of nitrogens with zero attached hydrogens (tertiary/aromatic N) is 2. The Labute approximate surface area is 152 Å². The molecule has 0 aliphatic carbocycles. The Bertz CT molecular complexity index is 891. The second-order valence-corrected chi connectivity index (χ2v) is 6.66. The van der Waals surface area contributed by atoms with Crippen LogP contribution < -0.4 is 5.43 Å². The molecule has 0 aliphatic rings. The number of halogens is 3. The number of rotatable bonds is 4. The van der Waals surface area contributed by atoms with Crippen molar-refractivity contribution in [3.05, 3.63) is 69.3 Å². The molecular weight excluding hydrogens is 368 g/mol. The number of benzene rings is 2. The average molecular weight is 380 g/mol. The summed E-state index contributed by atoms with van der Waals surface area (Å²) in [5, 5.41) is 7.83. The second-order valence-electron chi connectivity index (χ2n) is 4.98. The highest BCUT2D eigenvalue weighted by molar-refractivity contribution is 7.14. The van der Waals surface area contributed by atoms with Crippen molar-refractivity contribution in [2.75, 3.05) is 5.43 Å². The summed E-state index contributed by atoms with van der Waals surface area (Å²) < 4.78 is 13.0. The summed E-state index contributed by atoms with van der Waals surface area (Å²) in [5.74, 6) is -0.269. The van der Waals surface area contributed by atoms with Crippen LogP contribution in [0.4, 0.5) is 9.52 Å². The summed E-state index contributed by atoms with van der Waals surface area (Å²) in [6, 6.07) is 11.5. The first kappa shape index (κ1) is 16.9. The van der Waals surface area contributed by atoms with Crippen LogP contribution in [0, 0.1) is 5.82 Å². The maximum absolute atomic E-state index is 13.0. The number of hydrazone groups is 1. The molecule has 1 aromatic heterocycles. The number of thiazole rings is 1. The highest BCUT2D eigenvalue weighted by Crippen LogP contribution is 2.26. The van der Waals surface area contributed by atoms with Gasteiger partial charge in [0.2, 0.25) is 5.13 Å². The fraction of sp³-hybridized carbons (Fsp3) is 0.0588. The van der Waals surface area contributed by atoms with Gasteiger partial charge >= 0.3 is 0 Å². The summed E-state index contributed by atoms with van der Waals surface area (Å²) in [5.41, 5.74) is 6.17. The van der Waals surface area contributed by atoms with Gasteiger partial charge in [0, 0.05) is 10.9 Å². The van der Waals surface area contributed by atoms with Crippen LogP contribution in [0.1, 0.15) is 12.5 Å². The largest absolute Gasteiger partial charge is 0.252 e. The van der Waals surface area contributed by atoms with Gasteiger partial charge in [-0.1, -0.05) is 29.3 Å². The molecule has 24 heavy (non-hydrogen) atoms. The van der Waals surface area contributed by atoms with Crippen LogP contribution in [-0.4, -0.2) is 10.7 Å². The van der Waals surface area contributed by atoms with Gasteiger partial charge in [0.25, 0.3) is 0 Å². The van der Waals surface area contributed by atoms with Crippen molar-refractivity contribution in [1.29, 1.82) is 0 Å². The van der Waals surface area contributed by atoms with Crippen LogP contribution in [-0.2, 0) is 0 Å². The van der Waals surface area contributed by atoms with Crippen molar-refractivity contribution in [2.45, 2.75) is 6.92 Å². The molecule has 7 heteroatoms. The Hall–Kier alpha value is -1.95. The molecule has 0 spiro atoms. The molecule has 0 bridgehead atoms. The first-order chi connectivity index (χ1) is 11.5. The summed E-state index contributed by atoms with van der Waals surface area (Å²) in [4.78, 5) is 4.44. The minimum Gasteiger partial charge on any atom is -0.252 e. The van der Waals surface area contributed by atoms with E-state index >= 15 is 0 Å². The first-order valence-corrected chi connectivity index (χ1v) is 8.63. The van der Waals surface area contributed by atoms with Gasteiger partial charge in [0.1, 0.15) is 5.82 Å². The zero-order valence-electron chi connectivity index (χ0n) is 12.6. The van der Waals surface area contributed by atoms with Crippen molar-refractivity contribution in [2.24, 2.45) is 5.10 Å². The minimum atomic E-state index is -0.269. The van der Waals surface area contributed by atoms with E-state index in [0.717, 1.165) is 22.5 Å². The maximum atomic E-state index is 13.0. The SMILES string of the molecule is C/C(=N\Nc1nc(-c2ccc(F)cc2)cs1)c1ccc(Cl)c(Cl)c1. The zero-order chi connectivity index (χ0) is 17.1. The van der Waals surface area contributed by atoms with Gasteiger partial charge in [-0.25, -0.2) is 9.37 Å². The van der Waals surface area contributed by atoms with Gasteiger partial charge in [-0.05, 0) is 48.9 Å². The average Bonchev–Trinajstić information content (AvgIpc) is 3.05. The van der Waals surface area contributed by atoms with Crippen LogP contribution in [0.3, 0.4) is 0 Å². The number of nitrogens with one attached hydrogen (secondary N) is 1. The molecule has 3 rings (SSSR count). The molecule has 3 aromatic rings. The predicted octanol–water partition coefficient (Wildman–Crippen LogP) is 6.09. The smallest absolute Gasteiger partial charge is 0.203 e. The molecule has 0 aliphatic heterocycles. The van der Waals surface area contributed by atoms with Gasteiger partial charge < -0.3 is 0 Å². The van der Waals surface area contributed by atoms with E-state index in [-0.39, 0.29) is 5.82 Å². The third-order valence-electron chi connectivity index (χ3n) is 3.30. The van der Waals surface area contributed by atoms with E-state index in [1.807, 2.05) is 18.4 Å². The fourth-order valence-electron chi connectivity index (χ4n) is 2.00. The van der Waals surface area contributed by atoms with E-state index in [1.54, 1.807) is 24.3 Å². The maximum Gasteiger partial charge on any atom is 0.203 e. The monoisotopic (exact) mass is 379 g/mol. The molecule has 3 nitrogen and oxygen atoms in total. The Kier molecular flexibility index (Phi) is 5.14. The van der Waals surface area contributed by atoms with Gasteiger partial charge in [0.05, 0.1) is 21.5 Å². The van der Waals surface area contributed by atoms with Gasteiger partial charge in [-0.15, -0.1) is 11.3 Å². The summed E-state index contributed by atoms with van der Waals surface area (Å²) in [6.45, 7) is 1.86. The van der Waals surface area contributed by atoms with E-state index in [0.29, 0.717) is 15.2 Å². The molecule has 1 heterocycles. The van der Waals surface area contributed by atoms with Crippen molar-refractivity contribution < 1.29 is 4.39 Å². The number of anilines is 1. The lowest BCUT2D eigenvalue weighted by Crippen LogP contribution is -1.99. The Morgan fingerprint density at radius 1 is 1.12 bits per heavy atom. The van der Waals surface area contributed by atoms with Crippen molar-refractivity contribution in [3.8, 4) is 11.3 Å². The highest BCUT2D eigenvalue weighted by Gasteiger charge is 2.06. The molecule has 122 valence electrons. The normalized spacial score (nSPS) is 11.6. The van der Waals surface area contributed by atoms with E-state index in [1.165, 1.54) is 23.5 Å². The lowest BCUT2D eigenvalue weighted by atomic mass is 10.1. The topological polar surface area (TPSA) is 37.3 Å². The molecule has 2 aromatic carbocycles. The fourth-order valence-corrected chi connectivity index (χ4v) is 2.96. The molecule has 0 radical (unpaired) electrons. The second kappa shape index (κ2) is 7.30. The molecule has 0 saturated carbocycles. The number of hydrogen-bond acceptors (Lipinski definition) is 4. The summed E-state index contributed by atoms with van der Waals surface area (Å²) in [6.07, 6.45) is 0. The quantitative estimate of drug-likeness (QED) is 0.439. The molecule has 1 N–H and O–H groups in total. The van der Waals surface area contributed by atoms with Crippen molar-refractivity contribution >= 4 is 45.4 Å². The number of aromatic nitrogens is 1. The van der Waals surface area contributed by atoms with Gasteiger partial charge in [0.15, 0.2) is 0 Å². The molecular formula is C17H12Cl2FN3S.